The van der Waals surface area contributed by atoms with Gasteiger partial charge in [-0.2, -0.15) is 0 Å². The Kier molecular flexibility index (Phi) is 8.41. The van der Waals surface area contributed by atoms with Crippen molar-refractivity contribution in [2.45, 2.75) is 24.8 Å². The first-order valence-electron chi connectivity index (χ1n) is 4.58. The van der Waals surface area contributed by atoms with E-state index in [4.69, 9.17) is 25.3 Å². The largest absolute Gasteiger partial charge is 0.369 e. The number of allylic oxidation sites excluding steroid dienone is 1. The van der Waals surface area contributed by atoms with Crippen LogP contribution in [0.1, 0.15) is 19.8 Å². The standard InChI is InChI=1S/C4H13NO7P2.C3H6/c5-3-1-2-4(6,13(7,8)9)14(10,11)12;1-3-2/h6H,1-3,5H2,(H2,7,8,9)(H2,10,11,12);3H,1H2,2H3. The minimum absolute atomic E-state index is 0.0394. The summed E-state index contributed by atoms with van der Waals surface area (Å²) in [4.78, 5) is 34.5. The lowest BCUT2D eigenvalue weighted by molar-refractivity contribution is 0.121. The quantitative estimate of drug-likeness (QED) is 0.302. The van der Waals surface area contributed by atoms with Gasteiger partial charge in [-0.3, -0.25) is 9.13 Å². The van der Waals surface area contributed by atoms with Gasteiger partial charge < -0.3 is 30.4 Å². The minimum atomic E-state index is -5.30. The Bertz CT molecular complexity index is 298. The number of nitrogens with two attached hydrogens (primary N) is 1. The average Bonchev–Trinajstić information content (AvgIpc) is 2.11. The van der Waals surface area contributed by atoms with Gasteiger partial charge in [-0.15, -0.1) is 6.58 Å². The number of rotatable bonds is 5. The molecule has 0 aromatic rings. The van der Waals surface area contributed by atoms with Gasteiger partial charge in [0.2, 0.25) is 0 Å². The molecule has 7 N–H and O–H groups in total. The predicted molar refractivity (Wildman–Crippen MR) is 63.2 cm³/mol. The van der Waals surface area contributed by atoms with Crippen molar-refractivity contribution in [3.8, 4) is 0 Å². The zero-order chi connectivity index (χ0) is 14.3. The van der Waals surface area contributed by atoms with Crippen LogP contribution >= 0.6 is 15.2 Å². The first-order valence-corrected chi connectivity index (χ1v) is 7.81. The van der Waals surface area contributed by atoms with Crippen molar-refractivity contribution in [2.24, 2.45) is 5.73 Å². The predicted octanol–water partition coefficient (Wildman–Crippen LogP) is -0.0809. The van der Waals surface area contributed by atoms with Crippen LogP contribution < -0.4 is 5.73 Å². The summed E-state index contributed by atoms with van der Waals surface area (Å²) in [5, 5.41) is 5.91. The molecule has 0 saturated heterocycles. The van der Waals surface area contributed by atoms with Crippen LogP contribution in [0.5, 0.6) is 0 Å². The van der Waals surface area contributed by atoms with E-state index in [1.807, 2.05) is 6.92 Å². The Hall–Kier alpha value is -0.0400. The van der Waals surface area contributed by atoms with Crippen LogP contribution in [0.3, 0.4) is 0 Å². The zero-order valence-corrected chi connectivity index (χ0v) is 11.2. The molecule has 0 aromatic heterocycles. The second-order valence-electron chi connectivity index (χ2n) is 3.16. The van der Waals surface area contributed by atoms with Gasteiger partial charge in [0, 0.05) is 6.42 Å². The van der Waals surface area contributed by atoms with Crippen LogP contribution in [0.15, 0.2) is 12.7 Å². The molecular weight excluding hydrogens is 272 g/mol. The lowest BCUT2D eigenvalue weighted by Crippen LogP contribution is -2.29. The first kappa shape index (κ1) is 19.3. The molecule has 0 aromatic carbocycles. The van der Waals surface area contributed by atoms with E-state index in [9.17, 15) is 14.2 Å². The van der Waals surface area contributed by atoms with E-state index < -0.39 is 26.7 Å². The minimum Gasteiger partial charge on any atom is -0.368 e. The second kappa shape index (κ2) is 7.41. The third kappa shape index (κ3) is 5.90. The zero-order valence-electron chi connectivity index (χ0n) is 9.43. The maximum Gasteiger partial charge on any atom is 0.369 e. The topological polar surface area (TPSA) is 161 Å². The van der Waals surface area contributed by atoms with Crippen LogP contribution in [0.2, 0.25) is 0 Å². The molecule has 0 atom stereocenters. The molecule has 0 spiro atoms. The molecule has 0 aliphatic heterocycles. The van der Waals surface area contributed by atoms with Gasteiger partial charge in [-0.05, 0) is 19.9 Å². The van der Waals surface area contributed by atoms with Gasteiger partial charge in [0.25, 0.3) is 5.08 Å². The Morgan fingerprint density at radius 1 is 1.24 bits per heavy atom. The van der Waals surface area contributed by atoms with E-state index in [0.717, 1.165) is 0 Å². The van der Waals surface area contributed by atoms with Crippen molar-refractivity contribution in [2.75, 3.05) is 6.54 Å². The highest BCUT2D eigenvalue weighted by Gasteiger charge is 2.58. The molecule has 17 heavy (non-hydrogen) atoms. The summed E-state index contributed by atoms with van der Waals surface area (Å²) in [5.41, 5.74) is 5.01. The van der Waals surface area contributed by atoms with Gasteiger partial charge in [-0.25, -0.2) is 0 Å². The van der Waals surface area contributed by atoms with E-state index in [2.05, 4.69) is 6.58 Å². The van der Waals surface area contributed by atoms with Gasteiger partial charge in [0.05, 0.1) is 0 Å². The van der Waals surface area contributed by atoms with E-state index in [-0.39, 0.29) is 13.0 Å². The van der Waals surface area contributed by atoms with Crippen LogP contribution in [-0.2, 0) is 9.13 Å². The molecule has 10 heteroatoms. The molecule has 0 amide bonds. The fourth-order valence-corrected chi connectivity index (χ4v) is 3.06. The molecule has 0 heterocycles. The SMILES string of the molecule is C=CC.NCCCC(O)(P(=O)(O)O)P(=O)(O)O. The molecule has 0 saturated carbocycles. The third-order valence-electron chi connectivity index (χ3n) is 1.65. The fraction of sp³-hybridized carbons (Fsp3) is 0.714. The Morgan fingerprint density at radius 2 is 1.53 bits per heavy atom. The monoisotopic (exact) mass is 291 g/mol. The van der Waals surface area contributed by atoms with E-state index >= 15 is 0 Å². The first-order chi connectivity index (χ1) is 7.47. The van der Waals surface area contributed by atoms with Crippen molar-refractivity contribution in [1.29, 1.82) is 0 Å². The Labute approximate surface area is 99.5 Å². The van der Waals surface area contributed by atoms with Crippen molar-refractivity contribution in [3.63, 3.8) is 0 Å². The Morgan fingerprint density at radius 3 is 1.71 bits per heavy atom. The Balaban J connectivity index is 0. The number of hydrogen-bond acceptors (Lipinski definition) is 4. The average molecular weight is 291 g/mol. The van der Waals surface area contributed by atoms with Crippen LogP contribution in [0.25, 0.3) is 0 Å². The summed E-state index contributed by atoms with van der Waals surface area (Å²) in [6, 6.07) is 0. The van der Waals surface area contributed by atoms with Gasteiger partial charge in [-0.1, -0.05) is 6.08 Å². The fourth-order valence-electron chi connectivity index (χ4n) is 0.800. The van der Waals surface area contributed by atoms with Gasteiger partial charge in [0.15, 0.2) is 0 Å². The maximum atomic E-state index is 10.7. The van der Waals surface area contributed by atoms with E-state index in [0.29, 0.717) is 0 Å². The highest BCUT2D eigenvalue weighted by Crippen LogP contribution is 2.69. The molecule has 0 rings (SSSR count). The molecule has 8 nitrogen and oxygen atoms in total. The summed E-state index contributed by atoms with van der Waals surface area (Å²) in [6.07, 6.45) is 0.894. The molecule has 0 fully saturated rings. The maximum absolute atomic E-state index is 10.7. The highest BCUT2D eigenvalue weighted by atomic mass is 31.2. The third-order valence-corrected chi connectivity index (χ3v) is 5.53. The lowest BCUT2D eigenvalue weighted by Gasteiger charge is -2.28. The number of aliphatic hydroxyl groups is 1. The van der Waals surface area contributed by atoms with Crippen LogP contribution in [-0.4, -0.2) is 36.3 Å². The molecule has 0 radical (unpaired) electrons. The van der Waals surface area contributed by atoms with Crippen molar-refractivity contribution in [3.05, 3.63) is 12.7 Å². The molecule has 0 aliphatic rings. The number of hydrogen-bond donors (Lipinski definition) is 6. The summed E-state index contributed by atoms with van der Waals surface area (Å²) in [7, 11) is -10.6. The highest BCUT2D eigenvalue weighted by molar-refractivity contribution is 7.72. The summed E-state index contributed by atoms with van der Waals surface area (Å²) in [6.45, 7) is 5.21. The summed E-state index contributed by atoms with van der Waals surface area (Å²) in [5.74, 6) is 0. The smallest absolute Gasteiger partial charge is 0.368 e. The van der Waals surface area contributed by atoms with E-state index in [1.165, 1.54) is 0 Å². The van der Waals surface area contributed by atoms with Crippen LogP contribution in [0.4, 0.5) is 0 Å². The van der Waals surface area contributed by atoms with Crippen molar-refractivity contribution >= 4 is 15.2 Å². The molecule has 0 unspecified atom stereocenters. The molecule has 104 valence electrons. The van der Waals surface area contributed by atoms with Gasteiger partial charge >= 0.3 is 15.2 Å². The second-order valence-corrected chi connectivity index (χ2v) is 7.17. The lowest BCUT2D eigenvalue weighted by atomic mass is 10.3. The van der Waals surface area contributed by atoms with Crippen LogP contribution in [0, 0.1) is 0 Å². The van der Waals surface area contributed by atoms with Crippen molar-refractivity contribution < 1.29 is 33.8 Å². The van der Waals surface area contributed by atoms with E-state index in [1.54, 1.807) is 6.08 Å². The van der Waals surface area contributed by atoms with Gasteiger partial charge in [0.1, 0.15) is 0 Å². The summed E-state index contributed by atoms with van der Waals surface area (Å²) < 4.78 is 21.4. The normalized spacial score (nSPS) is 12.6. The molecular formula is C7H19NO7P2. The molecule has 0 aliphatic carbocycles. The molecule has 0 bridgehead atoms. The summed E-state index contributed by atoms with van der Waals surface area (Å²) >= 11 is 0. The van der Waals surface area contributed by atoms with Crippen molar-refractivity contribution in [1.82, 2.24) is 0 Å².